The molecule has 2 N–H and O–H groups in total. The van der Waals surface area contributed by atoms with E-state index in [1.54, 1.807) is 42.6 Å². The van der Waals surface area contributed by atoms with Crippen molar-refractivity contribution in [2.75, 3.05) is 4.72 Å². The molecule has 1 aromatic heterocycles. The molecule has 3 aromatic rings. The number of anilines is 1. The minimum absolute atomic E-state index is 0.220. The summed E-state index contributed by atoms with van der Waals surface area (Å²) in [4.78, 5) is 12.4. The number of amides is 1. The Labute approximate surface area is 160 Å². The Bertz CT molecular complexity index is 1020. The summed E-state index contributed by atoms with van der Waals surface area (Å²) >= 11 is 1.12. The van der Waals surface area contributed by atoms with Crippen molar-refractivity contribution in [3.63, 3.8) is 0 Å². The molecule has 0 bridgehead atoms. The Balaban J connectivity index is 1.66. The molecular formula is C19H17FN2O3S2. The van der Waals surface area contributed by atoms with Crippen LogP contribution in [0.2, 0.25) is 0 Å². The molecule has 5 nitrogen and oxygen atoms in total. The van der Waals surface area contributed by atoms with Crippen molar-refractivity contribution in [3.05, 3.63) is 83.0 Å². The first-order valence-corrected chi connectivity index (χ1v) is 10.4. The van der Waals surface area contributed by atoms with Crippen LogP contribution < -0.4 is 10.0 Å². The van der Waals surface area contributed by atoms with Crippen molar-refractivity contribution < 1.29 is 17.6 Å². The van der Waals surface area contributed by atoms with Crippen LogP contribution in [0.25, 0.3) is 0 Å². The maximum absolute atomic E-state index is 13.0. The van der Waals surface area contributed by atoms with Crippen LogP contribution >= 0.6 is 11.3 Å². The molecule has 0 aliphatic carbocycles. The first kappa shape index (κ1) is 19.1. The highest BCUT2D eigenvalue weighted by atomic mass is 32.2. The van der Waals surface area contributed by atoms with Gasteiger partial charge >= 0.3 is 0 Å². The summed E-state index contributed by atoms with van der Waals surface area (Å²) < 4.78 is 40.1. The molecule has 1 atom stereocenters. The molecule has 140 valence electrons. The predicted octanol–water partition coefficient (Wildman–Crippen LogP) is 4.18. The fourth-order valence-corrected chi connectivity index (χ4v) is 4.48. The zero-order chi connectivity index (χ0) is 19.4. The zero-order valence-corrected chi connectivity index (χ0v) is 16.0. The third-order valence-corrected chi connectivity index (χ3v) is 6.66. The summed E-state index contributed by atoms with van der Waals surface area (Å²) in [6, 6.07) is 14.9. The second-order valence-electron chi connectivity index (χ2n) is 5.86. The Hall–Kier alpha value is -2.71. The maximum Gasteiger partial charge on any atom is 0.271 e. The van der Waals surface area contributed by atoms with Crippen LogP contribution in [0.15, 0.2) is 70.3 Å². The van der Waals surface area contributed by atoms with Crippen LogP contribution in [-0.4, -0.2) is 14.3 Å². The number of nitrogens with one attached hydrogen (secondary N) is 2. The lowest BCUT2D eigenvalue weighted by Crippen LogP contribution is -2.26. The SMILES string of the molecule is CC(NC(=O)c1ccc(NS(=O)(=O)c2cccs2)cc1)c1ccc(F)cc1. The molecule has 0 fully saturated rings. The van der Waals surface area contributed by atoms with Gasteiger partial charge < -0.3 is 5.32 Å². The van der Waals surface area contributed by atoms with Gasteiger partial charge in [0.15, 0.2) is 0 Å². The van der Waals surface area contributed by atoms with Crippen molar-refractivity contribution in [1.82, 2.24) is 5.32 Å². The quantitative estimate of drug-likeness (QED) is 0.647. The van der Waals surface area contributed by atoms with Crippen LogP contribution in [0.5, 0.6) is 0 Å². The molecular weight excluding hydrogens is 387 g/mol. The number of halogens is 1. The number of sulfonamides is 1. The highest BCUT2D eigenvalue weighted by Crippen LogP contribution is 2.21. The maximum atomic E-state index is 13.0. The summed E-state index contributed by atoms with van der Waals surface area (Å²) in [7, 11) is -3.62. The van der Waals surface area contributed by atoms with Crippen molar-refractivity contribution in [2.45, 2.75) is 17.2 Å². The molecule has 0 saturated heterocycles. The second kappa shape index (κ2) is 7.89. The fraction of sp³-hybridized carbons (Fsp3) is 0.105. The first-order valence-electron chi connectivity index (χ1n) is 8.08. The highest BCUT2D eigenvalue weighted by molar-refractivity contribution is 7.94. The Morgan fingerprint density at radius 3 is 2.30 bits per heavy atom. The van der Waals surface area contributed by atoms with Gasteiger partial charge in [0.05, 0.1) is 6.04 Å². The Morgan fingerprint density at radius 1 is 1.04 bits per heavy atom. The predicted molar refractivity (Wildman–Crippen MR) is 104 cm³/mol. The van der Waals surface area contributed by atoms with Gasteiger partial charge in [-0.2, -0.15) is 0 Å². The monoisotopic (exact) mass is 404 g/mol. The lowest BCUT2D eigenvalue weighted by molar-refractivity contribution is 0.0940. The van der Waals surface area contributed by atoms with E-state index in [4.69, 9.17) is 0 Å². The van der Waals surface area contributed by atoms with E-state index < -0.39 is 10.0 Å². The molecule has 8 heteroatoms. The Morgan fingerprint density at radius 2 is 1.70 bits per heavy atom. The summed E-state index contributed by atoms with van der Waals surface area (Å²) in [5.74, 6) is -0.641. The van der Waals surface area contributed by atoms with Crippen LogP contribution in [0, 0.1) is 5.82 Å². The lowest BCUT2D eigenvalue weighted by Gasteiger charge is -2.14. The third-order valence-electron chi connectivity index (χ3n) is 3.88. The average Bonchev–Trinajstić information content (AvgIpc) is 3.18. The average molecular weight is 404 g/mol. The van der Waals surface area contributed by atoms with E-state index in [0.717, 1.165) is 16.9 Å². The summed E-state index contributed by atoms with van der Waals surface area (Å²) in [5.41, 5.74) is 1.54. The largest absolute Gasteiger partial charge is 0.346 e. The van der Waals surface area contributed by atoms with E-state index in [1.165, 1.54) is 30.3 Å². The van der Waals surface area contributed by atoms with Gasteiger partial charge in [-0.15, -0.1) is 11.3 Å². The van der Waals surface area contributed by atoms with Crippen molar-refractivity contribution in [1.29, 1.82) is 0 Å². The molecule has 1 heterocycles. The molecule has 0 saturated carbocycles. The summed E-state index contributed by atoms with van der Waals surface area (Å²) in [6.45, 7) is 1.80. The van der Waals surface area contributed by atoms with Gasteiger partial charge in [0.25, 0.3) is 15.9 Å². The highest BCUT2D eigenvalue weighted by Gasteiger charge is 2.16. The van der Waals surface area contributed by atoms with E-state index in [2.05, 4.69) is 10.0 Å². The number of rotatable bonds is 6. The minimum atomic E-state index is -3.62. The van der Waals surface area contributed by atoms with Crippen molar-refractivity contribution >= 4 is 33.0 Å². The van der Waals surface area contributed by atoms with Gasteiger partial charge in [-0.1, -0.05) is 18.2 Å². The van der Waals surface area contributed by atoms with E-state index in [0.29, 0.717) is 11.3 Å². The fourth-order valence-electron chi connectivity index (χ4n) is 2.43. The van der Waals surface area contributed by atoms with E-state index >= 15 is 0 Å². The number of carbonyl (C=O) groups is 1. The van der Waals surface area contributed by atoms with Crippen LogP contribution in [0.1, 0.15) is 28.9 Å². The number of hydrogen-bond acceptors (Lipinski definition) is 4. The lowest BCUT2D eigenvalue weighted by atomic mass is 10.1. The topological polar surface area (TPSA) is 75.3 Å². The molecule has 0 aliphatic heterocycles. The normalized spacial score (nSPS) is 12.4. The third kappa shape index (κ3) is 4.72. The molecule has 1 unspecified atom stereocenters. The van der Waals surface area contributed by atoms with Gasteiger partial charge in [-0.05, 0) is 60.3 Å². The molecule has 2 aromatic carbocycles. The number of hydrogen-bond donors (Lipinski definition) is 2. The minimum Gasteiger partial charge on any atom is -0.346 e. The second-order valence-corrected chi connectivity index (χ2v) is 8.72. The summed E-state index contributed by atoms with van der Waals surface area (Å²) in [5, 5.41) is 4.51. The Kier molecular flexibility index (Phi) is 5.57. The van der Waals surface area contributed by atoms with E-state index in [1.807, 2.05) is 0 Å². The summed E-state index contributed by atoms with van der Waals surface area (Å²) in [6.07, 6.45) is 0. The van der Waals surface area contributed by atoms with Crippen LogP contribution in [-0.2, 0) is 10.0 Å². The van der Waals surface area contributed by atoms with Gasteiger partial charge in [0.2, 0.25) is 0 Å². The van der Waals surface area contributed by atoms with Gasteiger partial charge in [0.1, 0.15) is 10.0 Å². The molecule has 1 amide bonds. The zero-order valence-electron chi connectivity index (χ0n) is 14.3. The van der Waals surface area contributed by atoms with Gasteiger partial charge in [0, 0.05) is 11.3 Å². The van der Waals surface area contributed by atoms with Gasteiger partial charge in [-0.25, -0.2) is 12.8 Å². The van der Waals surface area contributed by atoms with Crippen LogP contribution in [0.3, 0.4) is 0 Å². The van der Waals surface area contributed by atoms with E-state index in [9.17, 15) is 17.6 Å². The molecule has 0 radical (unpaired) electrons. The van der Waals surface area contributed by atoms with Crippen LogP contribution in [0.4, 0.5) is 10.1 Å². The number of carbonyl (C=O) groups excluding carboxylic acids is 1. The standard InChI is InChI=1S/C19H17FN2O3S2/c1-13(14-4-8-16(20)9-5-14)21-19(23)15-6-10-17(11-7-15)22-27(24,25)18-3-2-12-26-18/h2-13,22H,1H3,(H,21,23). The van der Waals surface area contributed by atoms with Gasteiger partial charge in [-0.3, -0.25) is 9.52 Å². The molecule has 0 aliphatic rings. The van der Waals surface area contributed by atoms with Crippen molar-refractivity contribution in [2.24, 2.45) is 0 Å². The smallest absolute Gasteiger partial charge is 0.271 e. The first-order chi connectivity index (χ1) is 12.8. The number of benzene rings is 2. The molecule has 27 heavy (non-hydrogen) atoms. The van der Waals surface area contributed by atoms with Crippen molar-refractivity contribution in [3.8, 4) is 0 Å². The number of thiophene rings is 1. The molecule has 0 spiro atoms. The van der Waals surface area contributed by atoms with E-state index in [-0.39, 0.29) is 22.0 Å². The molecule has 3 rings (SSSR count).